The molecule has 10 heteroatoms. The molecule has 3 aromatic heterocycles. The summed E-state index contributed by atoms with van der Waals surface area (Å²) in [7, 11) is 12.3. The number of aromatic nitrogens is 3. The van der Waals surface area contributed by atoms with Gasteiger partial charge in [-0.15, -0.1) is 0 Å². The van der Waals surface area contributed by atoms with E-state index < -0.39 is 0 Å². The predicted octanol–water partition coefficient (Wildman–Crippen LogP) is 8.24. The topological polar surface area (TPSA) is 74.0 Å². The SMILES string of the molecule is C=C(C[n+]1ccc(N(C)C)cc1)[C@@H]1CC[C@]2(COC(=O)C[n+]3ccc(N(C)C)cc3)CC[C@]3(C)[C@H](CC[C@@H]4[C@@]5(C)CC[C@H](OC(=O)C[n+]6ccc(N(C)C)cc6)C(C)(C)[C@@H]5CC[C@]43C)[C@@H]12. The number of carbonyl (C=O) groups excluding carboxylic acids is 2. The predicted molar refractivity (Wildman–Crippen MR) is 257 cm³/mol. The Hall–Kier alpha value is -4.47. The van der Waals surface area contributed by atoms with Gasteiger partial charge < -0.3 is 24.2 Å². The summed E-state index contributed by atoms with van der Waals surface area (Å²) in [5.74, 6) is 2.05. The molecule has 0 radical (unpaired) electrons. The summed E-state index contributed by atoms with van der Waals surface area (Å²) in [5.41, 5.74) is 4.99. The lowest BCUT2D eigenvalue weighted by Gasteiger charge is -2.73. The number of fused-ring (bicyclic) bond motifs is 7. The second-order valence-corrected chi connectivity index (χ2v) is 23.2. The Labute approximate surface area is 391 Å². The molecule has 0 spiro atoms. The van der Waals surface area contributed by atoms with Gasteiger partial charge in [0.15, 0.2) is 43.7 Å². The van der Waals surface area contributed by atoms with Crippen molar-refractivity contribution in [3.8, 4) is 0 Å². The lowest BCUT2D eigenvalue weighted by Crippen LogP contribution is -2.67. The molecule has 0 saturated heterocycles. The molecule has 0 unspecified atom stereocenters. The van der Waals surface area contributed by atoms with Crippen molar-refractivity contribution < 1.29 is 32.8 Å². The van der Waals surface area contributed by atoms with E-state index in [2.05, 4.69) is 92.5 Å². The number of rotatable bonds is 13. The van der Waals surface area contributed by atoms with E-state index in [1.165, 1.54) is 30.5 Å². The van der Waals surface area contributed by atoms with E-state index in [9.17, 15) is 9.59 Å². The molecule has 8 rings (SSSR count). The molecule has 0 N–H and O–H groups in total. The number of hydrogen-bond donors (Lipinski definition) is 0. The van der Waals surface area contributed by atoms with Gasteiger partial charge in [0, 0.05) is 107 Å². The highest BCUT2D eigenvalue weighted by atomic mass is 16.5. The number of allylic oxidation sites excluding steroid dienone is 1. The zero-order valence-corrected chi connectivity index (χ0v) is 41.8. The number of pyridine rings is 3. The van der Waals surface area contributed by atoms with Crippen molar-refractivity contribution in [1.29, 1.82) is 0 Å². The van der Waals surface area contributed by atoms with Crippen molar-refractivity contribution >= 4 is 29.0 Å². The van der Waals surface area contributed by atoms with Gasteiger partial charge in [-0.2, -0.15) is 9.13 Å². The Morgan fingerprint density at radius 1 is 0.600 bits per heavy atom. The summed E-state index contributed by atoms with van der Waals surface area (Å²) in [6.07, 6.45) is 23.4. The average Bonchev–Trinajstić information content (AvgIpc) is 3.65. The zero-order chi connectivity index (χ0) is 46.7. The summed E-state index contributed by atoms with van der Waals surface area (Å²) < 4.78 is 19.1. The van der Waals surface area contributed by atoms with E-state index in [1.54, 1.807) is 0 Å². The van der Waals surface area contributed by atoms with Crippen LogP contribution in [0.2, 0.25) is 0 Å². The third-order valence-electron chi connectivity index (χ3n) is 19.0. The Morgan fingerprint density at radius 3 is 1.66 bits per heavy atom. The van der Waals surface area contributed by atoms with Crippen LogP contribution in [0.3, 0.4) is 0 Å². The van der Waals surface area contributed by atoms with Gasteiger partial charge in [0.1, 0.15) is 6.10 Å². The first kappa shape index (κ1) is 47.0. The second-order valence-electron chi connectivity index (χ2n) is 23.2. The fourth-order valence-corrected chi connectivity index (χ4v) is 15.3. The maximum Gasteiger partial charge on any atom is 0.372 e. The Balaban J connectivity index is 1.02. The van der Waals surface area contributed by atoms with E-state index in [0.29, 0.717) is 36.2 Å². The third-order valence-corrected chi connectivity index (χ3v) is 19.0. The minimum absolute atomic E-state index is 0.0623. The Morgan fingerprint density at radius 2 is 1.12 bits per heavy atom. The fraction of sp³-hybridized carbons (Fsp3) is 0.655. The highest BCUT2D eigenvalue weighted by molar-refractivity contribution is 5.68. The molecule has 0 aromatic carbocycles. The molecule has 3 heterocycles. The van der Waals surface area contributed by atoms with Crippen molar-refractivity contribution in [3.63, 3.8) is 0 Å². The first-order valence-corrected chi connectivity index (χ1v) is 24.7. The Kier molecular flexibility index (Phi) is 12.8. The van der Waals surface area contributed by atoms with Crippen molar-refractivity contribution in [2.24, 2.45) is 56.7 Å². The van der Waals surface area contributed by atoms with Crippen LogP contribution < -0.4 is 28.4 Å². The molecule has 5 aliphatic rings. The molecular formula is C55H81N6O4+3. The average molecular weight is 890 g/mol. The van der Waals surface area contributed by atoms with Gasteiger partial charge in [-0.1, -0.05) is 41.2 Å². The summed E-state index contributed by atoms with van der Waals surface area (Å²) in [6.45, 7) is 19.4. The number of nitrogens with zero attached hydrogens (tertiary/aromatic N) is 6. The molecule has 3 aromatic rings. The van der Waals surface area contributed by atoms with Crippen LogP contribution in [0.5, 0.6) is 0 Å². The van der Waals surface area contributed by atoms with Crippen LogP contribution in [0.15, 0.2) is 85.7 Å². The standard InChI is InChI=1S/C55H81N6O4/c1-39(35-59-29-18-40(19-30-59)56(7)8)43-15-26-55(38-64-48(62)36-60-31-20-41(21-32-60)57(9)10)28-27-53(5)44(50(43)55)13-14-46-52(4)24-17-47(51(2,3)45(52)16-25-54(46,53)6)65-49(63)37-61-33-22-42(23-34-61)58(11)12/h18-23,29-34,43-47,50H,1,13-17,24-28,35-38H2,2-12H3/q+3/t43-,44+,45-,46+,47-,50+,52-,53+,54+,55+/m0/s1. The summed E-state index contributed by atoms with van der Waals surface area (Å²) in [5, 5.41) is 0. The second kappa shape index (κ2) is 17.6. The third kappa shape index (κ3) is 8.47. The molecule has 0 amide bonds. The number of ether oxygens (including phenoxy) is 2. The highest BCUT2D eigenvalue weighted by Crippen LogP contribution is 2.77. The van der Waals surface area contributed by atoms with Crippen LogP contribution in [0.25, 0.3) is 0 Å². The monoisotopic (exact) mass is 890 g/mol. The molecule has 0 bridgehead atoms. The maximum atomic E-state index is 13.7. The van der Waals surface area contributed by atoms with E-state index in [0.717, 1.165) is 62.9 Å². The van der Waals surface area contributed by atoms with Crippen LogP contribution in [-0.4, -0.2) is 66.9 Å². The molecular weight excluding hydrogens is 809 g/mol. The number of carbonyl (C=O) groups is 2. The summed E-state index contributed by atoms with van der Waals surface area (Å²) in [6, 6.07) is 12.6. The molecule has 0 aliphatic heterocycles. The zero-order valence-electron chi connectivity index (χ0n) is 41.8. The first-order chi connectivity index (χ1) is 30.7. The Bertz CT molecular complexity index is 2210. The molecule has 5 fully saturated rings. The van der Waals surface area contributed by atoms with Gasteiger partial charge in [0.05, 0.1) is 6.61 Å². The van der Waals surface area contributed by atoms with E-state index in [4.69, 9.17) is 16.1 Å². The van der Waals surface area contributed by atoms with E-state index in [-0.39, 0.29) is 58.2 Å². The smallest absolute Gasteiger partial charge is 0.372 e. The van der Waals surface area contributed by atoms with Crippen LogP contribution in [-0.2, 0) is 38.7 Å². The van der Waals surface area contributed by atoms with Crippen molar-refractivity contribution in [2.75, 3.05) is 63.6 Å². The molecule has 10 nitrogen and oxygen atoms in total. The van der Waals surface area contributed by atoms with E-state index >= 15 is 0 Å². The quantitative estimate of drug-likeness (QED) is 0.0974. The summed E-state index contributed by atoms with van der Waals surface area (Å²) in [4.78, 5) is 33.5. The highest BCUT2D eigenvalue weighted by Gasteiger charge is 2.71. The maximum absolute atomic E-state index is 13.7. The van der Waals surface area contributed by atoms with Crippen LogP contribution in [0.1, 0.15) is 98.8 Å². The number of anilines is 3. The lowest BCUT2D eigenvalue weighted by atomic mass is 9.32. The lowest BCUT2D eigenvalue weighted by molar-refractivity contribution is -0.689. The number of esters is 2. The fourth-order valence-electron chi connectivity index (χ4n) is 15.3. The van der Waals surface area contributed by atoms with Crippen LogP contribution in [0, 0.1) is 56.7 Å². The summed E-state index contributed by atoms with van der Waals surface area (Å²) >= 11 is 0. The molecule has 5 aliphatic carbocycles. The van der Waals surface area contributed by atoms with Gasteiger partial charge in [0.2, 0.25) is 13.1 Å². The molecule has 352 valence electrons. The van der Waals surface area contributed by atoms with E-state index in [1.807, 2.05) is 86.4 Å². The normalized spacial score (nSPS) is 33.3. The van der Waals surface area contributed by atoms with Gasteiger partial charge >= 0.3 is 11.9 Å². The van der Waals surface area contributed by atoms with Crippen molar-refractivity contribution in [1.82, 2.24) is 0 Å². The molecule has 65 heavy (non-hydrogen) atoms. The van der Waals surface area contributed by atoms with Crippen molar-refractivity contribution in [2.45, 2.75) is 125 Å². The molecule has 10 atom stereocenters. The van der Waals surface area contributed by atoms with Gasteiger partial charge in [-0.25, -0.2) is 14.2 Å². The molecule has 5 saturated carbocycles. The van der Waals surface area contributed by atoms with Gasteiger partial charge in [-0.3, -0.25) is 0 Å². The largest absolute Gasteiger partial charge is 0.460 e. The van der Waals surface area contributed by atoms with Gasteiger partial charge in [-0.05, 0) is 116 Å². The first-order valence-electron chi connectivity index (χ1n) is 24.7. The minimum atomic E-state index is -0.156. The van der Waals surface area contributed by atoms with Crippen LogP contribution in [0.4, 0.5) is 17.1 Å². The number of hydrogen-bond acceptors (Lipinski definition) is 7. The minimum Gasteiger partial charge on any atom is -0.460 e. The van der Waals surface area contributed by atoms with Gasteiger partial charge in [0.25, 0.3) is 0 Å². The van der Waals surface area contributed by atoms with Crippen LogP contribution >= 0.6 is 0 Å². The van der Waals surface area contributed by atoms with Crippen molar-refractivity contribution in [3.05, 3.63) is 85.7 Å².